The van der Waals surface area contributed by atoms with Gasteiger partial charge in [0.15, 0.2) is 11.5 Å². The number of rotatable bonds is 0. The molecule has 0 aromatic heterocycles. The van der Waals surface area contributed by atoms with Gasteiger partial charge in [0.25, 0.3) is 0 Å². The van der Waals surface area contributed by atoms with E-state index in [4.69, 9.17) is 9.47 Å². The molecular formula is C11H11NO2. The van der Waals surface area contributed by atoms with Crippen LogP contribution in [0.2, 0.25) is 0 Å². The molecule has 2 aliphatic rings. The van der Waals surface area contributed by atoms with Gasteiger partial charge in [-0.05, 0) is 42.0 Å². The number of hydrogen-bond donors (Lipinski definition) is 1. The molecule has 1 aromatic rings. The van der Waals surface area contributed by atoms with Crippen LogP contribution in [0, 0.1) is 0 Å². The second-order valence-corrected chi connectivity index (χ2v) is 3.44. The van der Waals surface area contributed by atoms with E-state index in [1.807, 2.05) is 12.3 Å². The molecule has 0 atom stereocenters. The molecule has 0 fully saturated rings. The molecule has 0 amide bonds. The summed E-state index contributed by atoms with van der Waals surface area (Å²) in [5.41, 5.74) is 2.54. The normalized spacial score (nSPS) is 17.1. The van der Waals surface area contributed by atoms with Crippen LogP contribution in [-0.2, 0) is 6.42 Å². The van der Waals surface area contributed by atoms with Crippen molar-refractivity contribution < 1.29 is 9.47 Å². The Kier molecular flexibility index (Phi) is 1.63. The van der Waals surface area contributed by atoms with Crippen LogP contribution < -0.4 is 14.8 Å². The van der Waals surface area contributed by atoms with E-state index in [0.717, 1.165) is 24.5 Å². The Bertz CT molecular complexity index is 399. The molecule has 0 saturated carbocycles. The number of hydrogen-bond acceptors (Lipinski definition) is 3. The fourth-order valence-electron chi connectivity index (χ4n) is 1.81. The second kappa shape index (κ2) is 2.94. The number of fused-ring (bicyclic) bond motifs is 2. The number of nitrogens with one attached hydrogen (secondary N) is 1. The molecule has 0 spiro atoms. The van der Waals surface area contributed by atoms with Crippen molar-refractivity contribution in [3.63, 3.8) is 0 Å². The average Bonchev–Trinajstić information content (AvgIpc) is 2.51. The van der Waals surface area contributed by atoms with Gasteiger partial charge in [-0.2, -0.15) is 0 Å². The van der Waals surface area contributed by atoms with Gasteiger partial charge in [-0.3, -0.25) is 0 Å². The van der Waals surface area contributed by atoms with Crippen LogP contribution in [0.3, 0.4) is 0 Å². The predicted octanol–water partition coefficient (Wildman–Crippen LogP) is 1.53. The molecule has 3 nitrogen and oxygen atoms in total. The van der Waals surface area contributed by atoms with Crippen molar-refractivity contribution in [3.05, 3.63) is 29.5 Å². The lowest BCUT2D eigenvalue weighted by Crippen LogP contribution is -2.07. The fourth-order valence-corrected chi connectivity index (χ4v) is 1.81. The molecule has 1 aromatic carbocycles. The maximum Gasteiger partial charge on any atom is 0.231 e. The minimum Gasteiger partial charge on any atom is -0.454 e. The van der Waals surface area contributed by atoms with Crippen molar-refractivity contribution in [2.75, 3.05) is 13.3 Å². The highest BCUT2D eigenvalue weighted by molar-refractivity contribution is 5.61. The molecule has 0 bridgehead atoms. The minimum absolute atomic E-state index is 0.347. The molecule has 1 N–H and O–H groups in total. The van der Waals surface area contributed by atoms with E-state index in [1.165, 1.54) is 11.1 Å². The zero-order valence-corrected chi connectivity index (χ0v) is 7.75. The highest BCUT2D eigenvalue weighted by Gasteiger charge is 2.16. The average molecular weight is 189 g/mol. The maximum absolute atomic E-state index is 5.34. The smallest absolute Gasteiger partial charge is 0.231 e. The van der Waals surface area contributed by atoms with E-state index >= 15 is 0 Å². The van der Waals surface area contributed by atoms with Crippen LogP contribution in [-0.4, -0.2) is 13.3 Å². The third-order valence-electron chi connectivity index (χ3n) is 2.55. The Morgan fingerprint density at radius 3 is 2.93 bits per heavy atom. The lowest BCUT2D eigenvalue weighted by atomic mass is 10.0. The van der Waals surface area contributed by atoms with Crippen LogP contribution in [0.15, 0.2) is 18.3 Å². The van der Waals surface area contributed by atoms with Gasteiger partial charge in [-0.1, -0.05) is 0 Å². The molecule has 2 heterocycles. The van der Waals surface area contributed by atoms with E-state index < -0.39 is 0 Å². The molecule has 2 aliphatic heterocycles. The lowest BCUT2D eigenvalue weighted by Gasteiger charge is -2.04. The molecule has 72 valence electrons. The van der Waals surface area contributed by atoms with Gasteiger partial charge in [0.05, 0.1) is 0 Å². The SMILES string of the molecule is C1=Cc2cc3c(cc2CCN1)OCO3. The first-order valence-corrected chi connectivity index (χ1v) is 4.76. The lowest BCUT2D eigenvalue weighted by molar-refractivity contribution is 0.174. The second-order valence-electron chi connectivity index (χ2n) is 3.44. The Morgan fingerprint density at radius 2 is 2.00 bits per heavy atom. The summed E-state index contributed by atoms with van der Waals surface area (Å²) < 4.78 is 10.7. The largest absolute Gasteiger partial charge is 0.454 e. The first kappa shape index (κ1) is 7.74. The summed E-state index contributed by atoms with van der Waals surface area (Å²) in [6.07, 6.45) is 5.08. The van der Waals surface area contributed by atoms with Crippen LogP contribution >= 0.6 is 0 Å². The molecule has 3 rings (SSSR count). The Morgan fingerprint density at radius 1 is 1.14 bits per heavy atom. The summed E-state index contributed by atoms with van der Waals surface area (Å²) in [6, 6.07) is 4.12. The Labute approximate surface area is 82.3 Å². The van der Waals surface area contributed by atoms with E-state index in [-0.39, 0.29) is 0 Å². The highest BCUT2D eigenvalue weighted by atomic mass is 16.7. The summed E-state index contributed by atoms with van der Waals surface area (Å²) in [5, 5.41) is 3.21. The van der Waals surface area contributed by atoms with Gasteiger partial charge < -0.3 is 14.8 Å². The molecule has 0 unspecified atom stereocenters. The summed E-state index contributed by atoms with van der Waals surface area (Å²) in [4.78, 5) is 0. The van der Waals surface area contributed by atoms with E-state index in [1.54, 1.807) is 0 Å². The van der Waals surface area contributed by atoms with Crippen LogP contribution in [0.1, 0.15) is 11.1 Å². The Hall–Kier alpha value is -1.64. The van der Waals surface area contributed by atoms with Gasteiger partial charge in [0.2, 0.25) is 6.79 Å². The van der Waals surface area contributed by atoms with Crippen LogP contribution in [0.4, 0.5) is 0 Å². The summed E-state index contributed by atoms with van der Waals surface area (Å²) in [7, 11) is 0. The quantitative estimate of drug-likeness (QED) is 0.671. The highest BCUT2D eigenvalue weighted by Crippen LogP contribution is 2.35. The number of benzene rings is 1. The van der Waals surface area contributed by atoms with E-state index in [2.05, 4.69) is 17.5 Å². The standard InChI is InChI=1S/C11H11NO2/c1-3-12-4-2-9-6-11-10(5-8(1)9)13-7-14-11/h1,3,5-6,12H,2,4,7H2. The van der Waals surface area contributed by atoms with Crippen molar-refractivity contribution in [3.8, 4) is 11.5 Å². The third-order valence-corrected chi connectivity index (χ3v) is 2.55. The first-order chi connectivity index (χ1) is 6.93. The van der Waals surface area contributed by atoms with Gasteiger partial charge in [-0.25, -0.2) is 0 Å². The molecule has 0 radical (unpaired) electrons. The molecule has 14 heavy (non-hydrogen) atoms. The van der Waals surface area contributed by atoms with Gasteiger partial charge in [0.1, 0.15) is 0 Å². The monoisotopic (exact) mass is 189 g/mol. The van der Waals surface area contributed by atoms with Crippen LogP contribution in [0.25, 0.3) is 6.08 Å². The summed E-state index contributed by atoms with van der Waals surface area (Å²) >= 11 is 0. The molecule has 3 heteroatoms. The predicted molar refractivity (Wildman–Crippen MR) is 53.3 cm³/mol. The van der Waals surface area contributed by atoms with Crippen molar-refractivity contribution >= 4 is 6.08 Å². The van der Waals surface area contributed by atoms with Crippen molar-refractivity contribution in [1.29, 1.82) is 0 Å². The van der Waals surface area contributed by atoms with Crippen molar-refractivity contribution in [2.45, 2.75) is 6.42 Å². The van der Waals surface area contributed by atoms with Crippen LogP contribution in [0.5, 0.6) is 11.5 Å². The van der Waals surface area contributed by atoms with E-state index in [0.29, 0.717) is 6.79 Å². The number of ether oxygens (including phenoxy) is 2. The van der Waals surface area contributed by atoms with Gasteiger partial charge in [0, 0.05) is 6.54 Å². The minimum atomic E-state index is 0.347. The van der Waals surface area contributed by atoms with Crippen molar-refractivity contribution in [1.82, 2.24) is 5.32 Å². The van der Waals surface area contributed by atoms with Gasteiger partial charge in [-0.15, -0.1) is 0 Å². The molecule has 0 saturated heterocycles. The topological polar surface area (TPSA) is 30.5 Å². The molecule has 0 aliphatic carbocycles. The zero-order chi connectivity index (χ0) is 9.38. The molecular weight excluding hydrogens is 178 g/mol. The third kappa shape index (κ3) is 1.13. The first-order valence-electron chi connectivity index (χ1n) is 4.76. The Balaban J connectivity index is 2.13. The summed E-state index contributed by atoms with van der Waals surface area (Å²) in [6.45, 7) is 1.32. The van der Waals surface area contributed by atoms with Gasteiger partial charge >= 0.3 is 0 Å². The fraction of sp³-hybridized carbons (Fsp3) is 0.273. The zero-order valence-electron chi connectivity index (χ0n) is 7.75. The summed E-state index contributed by atoms with van der Waals surface area (Å²) in [5.74, 6) is 1.73. The maximum atomic E-state index is 5.34. The van der Waals surface area contributed by atoms with Crippen molar-refractivity contribution in [2.24, 2.45) is 0 Å². The van der Waals surface area contributed by atoms with E-state index in [9.17, 15) is 0 Å².